The molecule has 27 heavy (non-hydrogen) atoms. The van der Waals surface area contributed by atoms with Crippen LogP contribution in [0.1, 0.15) is 18.4 Å². The second-order valence-electron chi connectivity index (χ2n) is 7.37. The first kappa shape index (κ1) is 20.4. The van der Waals surface area contributed by atoms with Crippen LogP contribution >= 0.6 is 0 Å². The van der Waals surface area contributed by atoms with Crippen molar-refractivity contribution in [2.45, 2.75) is 31.6 Å². The zero-order valence-corrected chi connectivity index (χ0v) is 16.2. The van der Waals surface area contributed by atoms with E-state index in [1.165, 1.54) is 5.56 Å². The lowest BCUT2D eigenvalue weighted by atomic mass is 10.1. The van der Waals surface area contributed by atoms with Gasteiger partial charge in [0.15, 0.2) is 11.5 Å². The zero-order valence-electron chi connectivity index (χ0n) is 16.2. The topological polar surface area (TPSA) is 74.6 Å². The number of rotatable bonds is 8. The molecule has 7 nitrogen and oxygen atoms in total. The summed E-state index contributed by atoms with van der Waals surface area (Å²) < 4.78 is 16.7. The van der Waals surface area contributed by atoms with E-state index >= 15 is 0 Å². The van der Waals surface area contributed by atoms with E-state index in [0.29, 0.717) is 18.0 Å². The van der Waals surface area contributed by atoms with Crippen molar-refractivity contribution >= 4 is 0 Å². The molecule has 2 aliphatic heterocycles. The number of nitrogens with zero attached hydrogens (tertiary/aromatic N) is 2. The van der Waals surface area contributed by atoms with Gasteiger partial charge in [-0.2, -0.15) is 0 Å². The maximum Gasteiger partial charge on any atom is 0.161 e. The molecular weight excluding hydrogens is 348 g/mol. The first-order valence-corrected chi connectivity index (χ1v) is 9.82. The fraction of sp³-hybridized carbons (Fsp3) is 0.700. The van der Waals surface area contributed by atoms with E-state index in [4.69, 9.17) is 14.2 Å². The van der Waals surface area contributed by atoms with Crippen LogP contribution in [0.5, 0.6) is 11.5 Å². The van der Waals surface area contributed by atoms with Crippen LogP contribution in [-0.4, -0.2) is 91.9 Å². The van der Waals surface area contributed by atoms with Crippen molar-refractivity contribution in [3.8, 4) is 11.5 Å². The van der Waals surface area contributed by atoms with Gasteiger partial charge in [0.25, 0.3) is 0 Å². The van der Waals surface area contributed by atoms with Crippen molar-refractivity contribution in [2.24, 2.45) is 0 Å². The Morgan fingerprint density at radius 2 is 1.85 bits per heavy atom. The van der Waals surface area contributed by atoms with E-state index in [1.54, 1.807) is 7.11 Å². The van der Waals surface area contributed by atoms with E-state index < -0.39 is 6.10 Å². The molecule has 0 aliphatic carbocycles. The lowest BCUT2D eigenvalue weighted by Gasteiger charge is -2.31. The second-order valence-corrected chi connectivity index (χ2v) is 7.37. The van der Waals surface area contributed by atoms with Crippen molar-refractivity contribution in [2.75, 3.05) is 59.7 Å². The van der Waals surface area contributed by atoms with Crippen LogP contribution in [0.25, 0.3) is 0 Å². The van der Waals surface area contributed by atoms with E-state index in [-0.39, 0.29) is 12.7 Å². The maximum atomic E-state index is 10.3. The smallest absolute Gasteiger partial charge is 0.161 e. The van der Waals surface area contributed by atoms with Crippen LogP contribution in [0.4, 0.5) is 0 Å². The van der Waals surface area contributed by atoms with Gasteiger partial charge in [-0.05, 0) is 30.5 Å². The SMILES string of the molecule is COc1cc(CN2CCOCC2)ccc1OC[C@H](O)CN1CCC(O)CC1. The monoisotopic (exact) mass is 380 g/mol. The Hall–Kier alpha value is -1.38. The number of benzene rings is 1. The number of ether oxygens (including phenoxy) is 3. The van der Waals surface area contributed by atoms with Crippen LogP contribution in [0.3, 0.4) is 0 Å². The maximum absolute atomic E-state index is 10.3. The van der Waals surface area contributed by atoms with Crippen molar-refractivity contribution in [1.29, 1.82) is 0 Å². The van der Waals surface area contributed by atoms with Gasteiger partial charge in [-0.15, -0.1) is 0 Å². The molecule has 0 radical (unpaired) electrons. The average molecular weight is 380 g/mol. The van der Waals surface area contributed by atoms with Gasteiger partial charge in [0.2, 0.25) is 0 Å². The van der Waals surface area contributed by atoms with Crippen molar-refractivity contribution in [3.63, 3.8) is 0 Å². The molecule has 1 atom stereocenters. The molecule has 0 bridgehead atoms. The Morgan fingerprint density at radius 1 is 1.11 bits per heavy atom. The molecule has 0 saturated carbocycles. The highest BCUT2D eigenvalue weighted by atomic mass is 16.5. The lowest BCUT2D eigenvalue weighted by molar-refractivity contribution is 0.0330. The van der Waals surface area contributed by atoms with E-state index in [0.717, 1.165) is 58.8 Å². The normalized spacial score (nSPS) is 21.1. The van der Waals surface area contributed by atoms with Crippen molar-refractivity contribution in [1.82, 2.24) is 9.80 Å². The van der Waals surface area contributed by atoms with Gasteiger partial charge in [-0.3, -0.25) is 4.90 Å². The summed E-state index contributed by atoms with van der Waals surface area (Å²) in [6.07, 6.45) is 0.769. The van der Waals surface area contributed by atoms with Crippen LogP contribution < -0.4 is 9.47 Å². The summed E-state index contributed by atoms with van der Waals surface area (Å²) >= 11 is 0. The minimum absolute atomic E-state index is 0.199. The summed E-state index contributed by atoms with van der Waals surface area (Å²) in [7, 11) is 1.64. The first-order valence-electron chi connectivity index (χ1n) is 9.82. The highest BCUT2D eigenvalue weighted by molar-refractivity contribution is 5.43. The van der Waals surface area contributed by atoms with Gasteiger partial charge < -0.3 is 29.3 Å². The Morgan fingerprint density at radius 3 is 2.56 bits per heavy atom. The molecule has 152 valence electrons. The molecule has 2 saturated heterocycles. The Labute approximate surface area is 161 Å². The second kappa shape index (κ2) is 10.2. The quantitative estimate of drug-likeness (QED) is 0.688. The molecule has 1 aromatic carbocycles. The summed E-state index contributed by atoms with van der Waals surface area (Å²) in [5.41, 5.74) is 1.17. The van der Waals surface area contributed by atoms with Crippen LogP contribution in [0.2, 0.25) is 0 Å². The van der Waals surface area contributed by atoms with Gasteiger partial charge in [0, 0.05) is 39.3 Å². The minimum atomic E-state index is -0.571. The molecule has 2 fully saturated rings. The van der Waals surface area contributed by atoms with Crippen molar-refractivity contribution in [3.05, 3.63) is 23.8 Å². The molecule has 2 aliphatic rings. The summed E-state index contributed by atoms with van der Waals surface area (Å²) in [5.74, 6) is 1.34. The Kier molecular flexibility index (Phi) is 7.72. The summed E-state index contributed by atoms with van der Waals surface area (Å²) in [6.45, 7) is 6.74. The Balaban J connectivity index is 1.48. The van der Waals surface area contributed by atoms with Crippen LogP contribution in [-0.2, 0) is 11.3 Å². The van der Waals surface area contributed by atoms with Gasteiger partial charge in [-0.1, -0.05) is 6.07 Å². The largest absolute Gasteiger partial charge is 0.493 e. The molecule has 1 aromatic rings. The molecule has 7 heteroatoms. The third-order valence-electron chi connectivity index (χ3n) is 5.20. The number of piperidine rings is 1. The minimum Gasteiger partial charge on any atom is -0.493 e. The lowest BCUT2D eigenvalue weighted by Crippen LogP contribution is -2.41. The molecule has 0 unspecified atom stereocenters. The van der Waals surface area contributed by atoms with Gasteiger partial charge in [0.1, 0.15) is 12.7 Å². The first-order chi connectivity index (χ1) is 13.1. The van der Waals surface area contributed by atoms with E-state index in [9.17, 15) is 10.2 Å². The van der Waals surface area contributed by atoms with Crippen molar-refractivity contribution < 1.29 is 24.4 Å². The molecule has 0 amide bonds. The number of β-amino-alcohol motifs (C(OH)–C–C–N with tert-alkyl or cyclic N) is 1. The number of hydrogen-bond donors (Lipinski definition) is 2. The third-order valence-corrected chi connectivity index (χ3v) is 5.20. The van der Waals surface area contributed by atoms with Gasteiger partial charge >= 0.3 is 0 Å². The summed E-state index contributed by atoms with van der Waals surface area (Å²) in [5, 5.41) is 19.8. The predicted molar refractivity (Wildman–Crippen MR) is 102 cm³/mol. The highest BCUT2D eigenvalue weighted by Gasteiger charge is 2.20. The molecule has 0 spiro atoms. The Bertz CT molecular complexity index is 571. The van der Waals surface area contributed by atoms with E-state index in [1.807, 2.05) is 18.2 Å². The molecular formula is C20H32N2O5. The highest BCUT2D eigenvalue weighted by Crippen LogP contribution is 2.29. The fourth-order valence-electron chi connectivity index (χ4n) is 3.59. The number of methoxy groups -OCH3 is 1. The average Bonchev–Trinajstić information content (AvgIpc) is 2.69. The number of hydrogen-bond acceptors (Lipinski definition) is 7. The zero-order chi connectivity index (χ0) is 19.1. The van der Waals surface area contributed by atoms with Crippen LogP contribution in [0.15, 0.2) is 18.2 Å². The molecule has 3 rings (SSSR count). The van der Waals surface area contributed by atoms with Crippen LogP contribution in [0, 0.1) is 0 Å². The fourth-order valence-corrected chi connectivity index (χ4v) is 3.59. The number of aliphatic hydroxyl groups excluding tert-OH is 2. The standard InChI is InChI=1S/C20H32N2O5/c1-25-20-12-16(13-22-8-10-26-11-9-22)2-3-19(20)27-15-18(24)14-21-6-4-17(23)5-7-21/h2-3,12,17-18,23-24H,4-11,13-15H2,1H3/t18-/m1/s1. The number of morpholine rings is 1. The summed E-state index contributed by atoms with van der Waals surface area (Å²) in [4.78, 5) is 4.53. The van der Waals surface area contributed by atoms with Gasteiger partial charge in [-0.25, -0.2) is 0 Å². The summed E-state index contributed by atoms with van der Waals surface area (Å²) in [6, 6.07) is 5.97. The molecule has 2 heterocycles. The number of aliphatic hydroxyl groups is 2. The van der Waals surface area contributed by atoms with Gasteiger partial charge in [0.05, 0.1) is 26.4 Å². The number of likely N-dealkylation sites (tertiary alicyclic amines) is 1. The van der Waals surface area contributed by atoms with E-state index in [2.05, 4.69) is 9.80 Å². The molecule has 2 N–H and O–H groups in total. The third kappa shape index (κ3) is 6.33. The predicted octanol–water partition coefficient (Wildman–Crippen LogP) is 0.724. The molecule has 0 aromatic heterocycles.